The minimum absolute atomic E-state index is 0. The minimum Gasteiger partial charge on any atom is -0.531 e. The van der Waals surface area contributed by atoms with Gasteiger partial charge in [-0.25, -0.2) is 4.79 Å². The van der Waals surface area contributed by atoms with Crippen molar-refractivity contribution in [1.29, 1.82) is 0 Å². The monoisotopic (exact) mass is 253 g/mol. The zero-order valence-corrected chi connectivity index (χ0v) is 5.72. The van der Waals surface area contributed by atoms with Gasteiger partial charge in [0.25, 0.3) is 0 Å². The molecule has 32 valence electrons. The minimum atomic E-state index is 0. The number of rotatable bonds is 1. The van der Waals surface area contributed by atoms with Crippen LogP contribution in [0.3, 0.4) is 0 Å². The van der Waals surface area contributed by atoms with Gasteiger partial charge in [0, 0.05) is 21.1 Å². The van der Waals surface area contributed by atoms with Crippen molar-refractivity contribution in [2.45, 2.75) is 0 Å². The number of carbonyl (C=O) groups excluding carboxylic acids is 1. The van der Waals surface area contributed by atoms with Crippen LogP contribution in [0.1, 0.15) is 0 Å². The second-order valence-electron chi connectivity index (χ2n) is 0.362. The van der Waals surface area contributed by atoms with Gasteiger partial charge in [0.05, 0.1) is 0 Å². The van der Waals surface area contributed by atoms with Crippen LogP contribution in [0.15, 0.2) is 0 Å². The summed E-state index contributed by atoms with van der Waals surface area (Å²) in [5.41, 5.74) is 7.37. The number of hydrogen-bond acceptors (Lipinski definition) is 1. The van der Waals surface area contributed by atoms with Crippen molar-refractivity contribution in [3.05, 3.63) is 5.53 Å². The SMILES string of the molecule is [N-]=[N+]=C[C-]=O.[W]. The van der Waals surface area contributed by atoms with Crippen LogP contribution in [0.2, 0.25) is 0 Å². The van der Waals surface area contributed by atoms with Gasteiger partial charge < -0.3 is 10.3 Å². The van der Waals surface area contributed by atoms with Gasteiger partial charge in [0.1, 0.15) is 6.21 Å². The van der Waals surface area contributed by atoms with E-state index in [1.165, 1.54) is 6.29 Å². The normalized spacial score (nSPS) is 4.00. The van der Waals surface area contributed by atoms with Gasteiger partial charge in [-0.3, -0.25) is 0 Å². The molecule has 0 aliphatic carbocycles. The van der Waals surface area contributed by atoms with Crippen LogP contribution in [0.4, 0.5) is 0 Å². The first-order chi connectivity index (χ1) is 2.41. The van der Waals surface area contributed by atoms with Gasteiger partial charge in [-0.05, 0) is 0 Å². The van der Waals surface area contributed by atoms with Gasteiger partial charge in [0.2, 0.25) is 0 Å². The molecule has 6 heavy (non-hydrogen) atoms. The van der Waals surface area contributed by atoms with E-state index in [1.807, 2.05) is 0 Å². The van der Waals surface area contributed by atoms with Crippen LogP contribution in [-0.2, 0) is 25.9 Å². The molecule has 0 atom stereocenters. The van der Waals surface area contributed by atoms with Crippen molar-refractivity contribution < 1.29 is 30.6 Å². The fourth-order valence-corrected chi connectivity index (χ4v) is 0.0236. The zero-order valence-electron chi connectivity index (χ0n) is 2.79. The molecule has 0 unspecified atom stereocenters. The number of nitrogens with zero attached hydrogens (tertiary/aromatic N) is 2. The molecule has 0 aromatic rings. The predicted octanol–water partition coefficient (Wildman–Crippen LogP) is -0.606. The summed E-state index contributed by atoms with van der Waals surface area (Å²) in [4.78, 5) is 11.3. The third-order valence-electron chi connectivity index (χ3n) is 0.110. The Kier molecular flexibility index (Phi) is 13.6. The summed E-state index contributed by atoms with van der Waals surface area (Å²) in [6, 6.07) is 0. The van der Waals surface area contributed by atoms with E-state index in [2.05, 4.69) is 4.79 Å². The third-order valence-corrected chi connectivity index (χ3v) is 0.110. The summed E-state index contributed by atoms with van der Waals surface area (Å²) in [6.45, 7) is 0. The fourth-order valence-electron chi connectivity index (χ4n) is 0.0236. The Morgan fingerprint density at radius 1 is 1.83 bits per heavy atom. The van der Waals surface area contributed by atoms with Crippen LogP contribution in [0, 0.1) is 0 Å². The second kappa shape index (κ2) is 8.83. The third kappa shape index (κ3) is 9.28. The average Bonchev–Trinajstić information content (AvgIpc) is 1.41. The van der Waals surface area contributed by atoms with E-state index in [1.54, 1.807) is 0 Å². The summed E-state index contributed by atoms with van der Waals surface area (Å²) < 4.78 is 0. The van der Waals surface area contributed by atoms with Crippen LogP contribution < -0.4 is 0 Å². The molecule has 0 saturated heterocycles. The Morgan fingerprint density at radius 3 is 2.33 bits per heavy atom. The Morgan fingerprint density at radius 2 is 2.33 bits per heavy atom. The Hall–Kier alpha value is -0.262. The largest absolute Gasteiger partial charge is 0.531 e. The maximum absolute atomic E-state index is 8.97. The first-order valence-corrected chi connectivity index (χ1v) is 0.951. The Bertz CT molecular complexity index is 75.6. The molecule has 0 saturated carbocycles. The van der Waals surface area contributed by atoms with Crippen molar-refractivity contribution in [3.63, 3.8) is 0 Å². The van der Waals surface area contributed by atoms with Crippen molar-refractivity contribution in [1.82, 2.24) is 0 Å². The first kappa shape index (κ1) is 9.22. The van der Waals surface area contributed by atoms with Crippen molar-refractivity contribution in [2.75, 3.05) is 0 Å². The Balaban J connectivity index is 0. The molecule has 0 heterocycles. The summed E-state index contributed by atoms with van der Waals surface area (Å²) in [5, 5.41) is 0. The molecule has 0 aliphatic rings. The maximum Gasteiger partial charge on any atom is 0.145 e. The van der Waals surface area contributed by atoms with Crippen LogP contribution in [0.25, 0.3) is 5.53 Å². The fraction of sp³-hybridized carbons (Fsp3) is 0. The molecule has 3 nitrogen and oxygen atoms in total. The average molecular weight is 253 g/mol. The zero-order chi connectivity index (χ0) is 4.12. The molecule has 0 aliphatic heterocycles. The molecule has 0 aromatic heterocycles. The number of hydrogen-bond donors (Lipinski definition) is 0. The van der Waals surface area contributed by atoms with Gasteiger partial charge in [-0.2, -0.15) is 6.29 Å². The van der Waals surface area contributed by atoms with E-state index in [4.69, 9.17) is 10.3 Å². The van der Waals surface area contributed by atoms with Gasteiger partial charge in [-0.1, -0.05) is 0 Å². The summed E-state index contributed by atoms with van der Waals surface area (Å²) in [5.74, 6) is 0. The summed E-state index contributed by atoms with van der Waals surface area (Å²) in [6.07, 6.45) is 1.85. The van der Waals surface area contributed by atoms with E-state index < -0.39 is 0 Å². The van der Waals surface area contributed by atoms with E-state index in [9.17, 15) is 0 Å². The smallest absolute Gasteiger partial charge is 0.145 e. The molecule has 0 fully saturated rings. The predicted molar refractivity (Wildman–Crippen MR) is 15.4 cm³/mol. The van der Waals surface area contributed by atoms with Crippen molar-refractivity contribution in [2.24, 2.45) is 0 Å². The van der Waals surface area contributed by atoms with Gasteiger partial charge >= 0.3 is 0 Å². The molecule has 0 aromatic carbocycles. The molecule has 0 bridgehead atoms. The van der Waals surface area contributed by atoms with Crippen LogP contribution in [-0.4, -0.2) is 17.3 Å². The quantitative estimate of drug-likeness (QED) is 0.266. The maximum atomic E-state index is 8.97. The molecular weight excluding hydrogens is 252 g/mol. The molecular formula is C2HN2OW-. The topological polar surface area (TPSA) is 53.5 Å². The van der Waals surface area contributed by atoms with Crippen molar-refractivity contribution in [3.8, 4) is 0 Å². The molecule has 4 heteroatoms. The van der Waals surface area contributed by atoms with Crippen LogP contribution >= 0.6 is 0 Å². The summed E-state index contributed by atoms with van der Waals surface area (Å²) >= 11 is 0. The summed E-state index contributed by atoms with van der Waals surface area (Å²) in [7, 11) is 0. The van der Waals surface area contributed by atoms with E-state index >= 15 is 0 Å². The standard InChI is InChI=1S/C2HN2O.W/c3-4-1-2-5;/h1H;/q-1;. The second-order valence-corrected chi connectivity index (χ2v) is 0.362. The Labute approximate surface area is 49.2 Å². The van der Waals surface area contributed by atoms with E-state index in [0.29, 0.717) is 6.21 Å². The van der Waals surface area contributed by atoms with Gasteiger partial charge in [-0.15, -0.1) is 0 Å². The molecule has 0 rings (SSSR count). The molecule has 0 N–H and O–H groups in total. The molecule has 0 amide bonds. The van der Waals surface area contributed by atoms with E-state index in [0.717, 1.165) is 0 Å². The molecule has 0 radical (unpaired) electrons. The van der Waals surface area contributed by atoms with E-state index in [-0.39, 0.29) is 21.1 Å². The van der Waals surface area contributed by atoms with Crippen molar-refractivity contribution >= 4 is 12.5 Å². The first-order valence-electron chi connectivity index (χ1n) is 0.951. The molecule has 0 spiro atoms. The van der Waals surface area contributed by atoms with Gasteiger partial charge in [0.15, 0.2) is 0 Å². The van der Waals surface area contributed by atoms with Crippen LogP contribution in [0.5, 0.6) is 0 Å².